The van der Waals surface area contributed by atoms with E-state index in [-0.39, 0.29) is 37.4 Å². The number of rotatable bonds is 8. The minimum Gasteiger partial charge on any atom is -0.480 e. The molecular weight excluding hydrogens is 464 g/mol. The SMILES string of the molecule is O=C(NCC(CC1CC1)C(=O)N1CCSC(C(=O)O)C1)OCC1c2ccccc2-c2ccccc21. The molecule has 184 valence electrons. The molecule has 2 aromatic rings. The number of amides is 2. The van der Waals surface area contributed by atoms with Crippen LogP contribution < -0.4 is 5.32 Å². The fraction of sp³-hybridized carbons (Fsp3) is 0.444. The quantitative estimate of drug-likeness (QED) is 0.577. The largest absolute Gasteiger partial charge is 0.480 e. The molecule has 0 bridgehead atoms. The number of aliphatic carboxylic acids is 1. The van der Waals surface area contributed by atoms with Gasteiger partial charge in [-0.05, 0) is 34.6 Å². The van der Waals surface area contributed by atoms with Gasteiger partial charge in [-0.15, -0.1) is 11.8 Å². The van der Waals surface area contributed by atoms with E-state index in [0.29, 0.717) is 24.6 Å². The van der Waals surface area contributed by atoms with Crippen LogP contribution in [-0.4, -0.2) is 65.2 Å². The Morgan fingerprint density at radius 1 is 1.06 bits per heavy atom. The highest BCUT2D eigenvalue weighted by molar-refractivity contribution is 8.00. The lowest BCUT2D eigenvalue weighted by molar-refractivity contribution is -0.139. The summed E-state index contributed by atoms with van der Waals surface area (Å²) < 4.78 is 5.63. The standard InChI is InChI=1S/C27H30N2O5S/c30-25(29-11-12-35-24(15-29)26(31)32)18(13-17-9-10-17)14-28-27(33)34-16-23-21-7-3-1-5-19(21)20-6-2-4-8-22(20)23/h1-8,17-18,23-24H,9-16H2,(H,28,33)(H,31,32). The molecule has 7 nitrogen and oxygen atoms in total. The first-order valence-electron chi connectivity index (χ1n) is 12.2. The fourth-order valence-electron chi connectivity index (χ4n) is 5.14. The summed E-state index contributed by atoms with van der Waals surface area (Å²) in [5, 5.41) is 11.6. The number of benzene rings is 2. The average molecular weight is 495 g/mol. The summed E-state index contributed by atoms with van der Waals surface area (Å²) in [6.45, 7) is 1.18. The Morgan fingerprint density at radius 3 is 2.34 bits per heavy atom. The number of carboxylic acid groups (broad SMARTS) is 1. The third-order valence-electron chi connectivity index (χ3n) is 7.15. The summed E-state index contributed by atoms with van der Waals surface area (Å²) in [6.07, 6.45) is 2.38. The van der Waals surface area contributed by atoms with Gasteiger partial charge in [-0.1, -0.05) is 61.4 Å². The number of nitrogens with zero attached hydrogens (tertiary/aromatic N) is 1. The van der Waals surface area contributed by atoms with E-state index in [1.54, 1.807) is 4.90 Å². The van der Waals surface area contributed by atoms with Crippen molar-refractivity contribution < 1.29 is 24.2 Å². The van der Waals surface area contributed by atoms with Crippen molar-refractivity contribution in [1.82, 2.24) is 10.2 Å². The molecule has 0 spiro atoms. The molecule has 2 unspecified atom stereocenters. The maximum atomic E-state index is 13.2. The Bertz CT molecular complexity index is 1070. The number of carbonyl (C=O) groups is 3. The Labute approximate surface area is 209 Å². The number of nitrogens with one attached hydrogen (secondary N) is 1. The molecular formula is C27H30N2O5S. The number of fused-ring (bicyclic) bond motifs is 3. The van der Waals surface area contributed by atoms with Crippen LogP contribution in [0.4, 0.5) is 4.79 Å². The second-order valence-corrected chi connectivity index (χ2v) is 10.9. The van der Waals surface area contributed by atoms with Gasteiger partial charge in [0.05, 0.1) is 5.92 Å². The van der Waals surface area contributed by atoms with Crippen LogP contribution in [0.5, 0.6) is 0 Å². The minimum absolute atomic E-state index is 0.0177. The van der Waals surface area contributed by atoms with E-state index in [0.717, 1.165) is 24.0 Å². The summed E-state index contributed by atoms with van der Waals surface area (Å²) in [7, 11) is 0. The topological polar surface area (TPSA) is 95.9 Å². The summed E-state index contributed by atoms with van der Waals surface area (Å²) in [6, 6.07) is 16.4. The van der Waals surface area contributed by atoms with Gasteiger partial charge in [0.15, 0.2) is 0 Å². The van der Waals surface area contributed by atoms with Gasteiger partial charge in [-0.2, -0.15) is 0 Å². The average Bonchev–Trinajstić information content (AvgIpc) is 3.65. The van der Waals surface area contributed by atoms with E-state index in [2.05, 4.69) is 29.6 Å². The summed E-state index contributed by atoms with van der Waals surface area (Å²) >= 11 is 1.37. The molecule has 5 rings (SSSR count). The van der Waals surface area contributed by atoms with Crippen molar-refractivity contribution in [2.75, 3.05) is 32.0 Å². The molecule has 1 saturated heterocycles. The summed E-state index contributed by atoms with van der Waals surface area (Å²) in [5.41, 5.74) is 4.65. The first kappa shape index (κ1) is 23.7. The van der Waals surface area contributed by atoms with Crippen molar-refractivity contribution in [3.05, 3.63) is 59.7 Å². The Hall–Kier alpha value is -3.00. The third-order valence-corrected chi connectivity index (χ3v) is 8.33. The normalized spacial score (nSPS) is 20.0. The molecule has 2 aliphatic carbocycles. The molecule has 8 heteroatoms. The Balaban J connectivity index is 1.18. The van der Waals surface area contributed by atoms with Crippen LogP contribution >= 0.6 is 11.8 Å². The van der Waals surface area contributed by atoms with Gasteiger partial charge in [0.1, 0.15) is 11.9 Å². The Kier molecular flexibility index (Phi) is 7.00. The highest BCUT2D eigenvalue weighted by Crippen LogP contribution is 2.44. The fourth-order valence-corrected chi connectivity index (χ4v) is 6.18. The number of hydrogen-bond donors (Lipinski definition) is 2. The zero-order chi connectivity index (χ0) is 24.4. The molecule has 0 aromatic heterocycles. The van der Waals surface area contributed by atoms with E-state index in [9.17, 15) is 19.5 Å². The molecule has 3 aliphatic rings. The number of alkyl carbamates (subject to hydrolysis) is 1. The van der Waals surface area contributed by atoms with Crippen molar-refractivity contribution >= 4 is 29.7 Å². The van der Waals surface area contributed by atoms with Gasteiger partial charge in [0.25, 0.3) is 0 Å². The second-order valence-electron chi connectivity index (χ2n) is 9.56. The van der Waals surface area contributed by atoms with E-state index in [1.807, 2.05) is 24.3 Å². The molecule has 2 amide bonds. The first-order chi connectivity index (χ1) is 17.0. The van der Waals surface area contributed by atoms with Crippen LogP contribution in [0.25, 0.3) is 11.1 Å². The lowest BCUT2D eigenvalue weighted by atomic mass is 9.98. The molecule has 2 fully saturated rings. The van der Waals surface area contributed by atoms with E-state index >= 15 is 0 Å². The predicted molar refractivity (Wildman–Crippen MR) is 134 cm³/mol. The second kappa shape index (κ2) is 10.3. The van der Waals surface area contributed by atoms with Crippen LogP contribution in [-0.2, 0) is 14.3 Å². The number of ether oxygens (including phenoxy) is 1. The van der Waals surface area contributed by atoms with Crippen LogP contribution in [0.15, 0.2) is 48.5 Å². The molecule has 0 radical (unpaired) electrons. The zero-order valence-electron chi connectivity index (χ0n) is 19.5. The lowest BCUT2D eigenvalue weighted by Gasteiger charge is -2.33. The molecule has 1 aliphatic heterocycles. The molecule has 2 aromatic carbocycles. The predicted octanol–water partition coefficient (Wildman–Crippen LogP) is 3.97. The highest BCUT2D eigenvalue weighted by atomic mass is 32.2. The smallest absolute Gasteiger partial charge is 0.407 e. The highest BCUT2D eigenvalue weighted by Gasteiger charge is 2.36. The summed E-state index contributed by atoms with van der Waals surface area (Å²) in [5.74, 6) is -0.219. The van der Waals surface area contributed by atoms with Gasteiger partial charge in [0.2, 0.25) is 5.91 Å². The Morgan fingerprint density at radius 2 is 1.71 bits per heavy atom. The van der Waals surface area contributed by atoms with Crippen molar-refractivity contribution in [1.29, 1.82) is 0 Å². The third kappa shape index (κ3) is 5.32. The number of carboxylic acids is 1. The van der Waals surface area contributed by atoms with Gasteiger partial charge in [0, 0.05) is 31.3 Å². The van der Waals surface area contributed by atoms with Crippen molar-refractivity contribution in [2.24, 2.45) is 11.8 Å². The maximum Gasteiger partial charge on any atom is 0.407 e. The first-order valence-corrected chi connectivity index (χ1v) is 13.3. The molecule has 2 atom stereocenters. The van der Waals surface area contributed by atoms with Crippen LogP contribution in [0.3, 0.4) is 0 Å². The number of hydrogen-bond acceptors (Lipinski definition) is 5. The monoisotopic (exact) mass is 494 g/mol. The molecule has 35 heavy (non-hydrogen) atoms. The van der Waals surface area contributed by atoms with Gasteiger partial charge in [-0.3, -0.25) is 9.59 Å². The molecule has 1 saturated carbocycles. The van der Waals surface area contributed by atoms with Crippen molar-refractivity contribution in [3.8, 4) is 11.1 Å². The van der Waals surface area contributed by atoms with Crippen LogP contribution in [0.2, 0.25) is 0 Å². The molecule has 2 N–H and O–H groups in total. The van der Waals surface area contributed by atoms with Gasteiger partial charge in [-0.25, -0.2) is 4.79 Å². The van der Waals surface area contributed by atoms with Gasteiger partial charge < -0.3 is 20.1 Å². The molecule has 1 heterocycles. The van der Waals surface area contributed by atoms with E-state index in [4.69, 9.17) is 4.74 Å². The van der Waals surface area contributed by atoms with Crippen molar-refractivity contribution in [2.45, 2.75) is 30.4 Å². The number of thioether (sulfide) groups is 1. The lowest BCUT2D eigenvalue weighted by Crippen LogP contribution is -2.49. The van der Waals surface area contributed by atoms with Crippen LogP contribution in [0, 0.1) is 11.8 Å². The zero-order valence-corrected chi connectivity index (χ0v) is 20.3. The summed E-state index contributed by atoms with van der Waals surface area (Å²) in [4.78, 5) is 38.9. The minimum atomic E-state index is -0.886. The van der Waals surface area contributed by atoms with E-state index in [1.165, 1.54) is 22.9 Å². The van der Waals surface area contributed by atoms with Crippen LogP contribution in [0.1, 0.15) is 36.3 Å². The van der Waals surface area contributed by atoms with Gasteiger partial charge >= 0.3 is 12.1 Å². The van der Waals surface area contributed by atoms with Crippen molar-refractivity contribution in [3.63, 3.8) is 0 Å². The van der Waals surface area contributed by atoms with E-state index < -0.39 is 17.3 Å². The number of carbonyl (C=O) groups excluding carboxylic acids is 2. The maximum absolute atomic E-state index is 13.2.